The van der Waals surface area contributed by atoms with Gasteiger partial charge in [-0.05, 0) is 26.0 Å². The molecule has 0 aliphatic rings. The minimum absolute atomic E-state index is 0.00399. The smallest absolute Gasteiger partial charge is 0.314 e. The Morgan fingerprint density at radius 3 is 2.41 bits per heavy atom. The summed E-state index contributed by atoms with van der Waals surface area (Å²) >= 11 is 1.68. The molecule has 0 spiro atoms. The van der Waals surface area contributed by atoms with E-state index in [9.17, 15) is 9.59 Å². The van der Waals surface area contributed by atoms with E-state index >= 15 is 0 Å². The summed E-state index contributed by atoms with van der Waals surface area (Å²) in [7, 11) is 0. The Labute approximate surface area is 107 Å². The van der Waals surface area contributed by atoms with E-state index in [1.807, 2.05) is 20.1 Å². The van der Waals surface area contributed by atoms with Crippen molar-refractivity contribution < 1.29 is 14.7 Å². The Morgan fingerprint density at radius 2 is 1.94 bits per heavy atom. The number of urea groups is 1. The van der Waals surface area contributed by atoms with Crippen LogP contribution in [0.2, 0.25) is 0 Å². The van der Waals surface area contributed by atoms with Crippen molar-refractivity contribution in [3.05, 3.63) is 0 Å². The lowest BCUT2D eigenvalue weighted by Gasteiger charge is -2.22. The number of carboxylic acids is 1. The number of nitrogens with one attached hydrogen (secondary N) is 2. The van der Waals surface area contributed by atoms with E-state index in [1.165, 1.54) is 0 Å². The summed E-state index contributed by atoms with van der Waals surface area (Å²) in [5.41, 5.74) is 0. The van der Waals surface area contributed by atoms with E-state index in [0.717, 1.165) is 0 Å². The van der Waals surface area contributed by atoms with E-state index in [2.05, 4.69) is 10.6 Å². The molecule has 0 aromatic carbocycles. The molecule has 0 heterocycles. The first kappa shape index (κ1) is 16.1. The summed E-state index contributed by atoms with van der Waals surface area (Å²) in [5.74, 6) is -0.907. The van der Waals surface area contributed by atoms with Crippen LogP contribution in [-0.4, -0.2) is 41.2 Å². The summed E-state index contributed by atoms with van der Waals surface area (Å²) < 4.78 is 0.00399. The van der Waals surface area contributed by atoms with E-state index in [0.29, 0.717) is 13.1 Å². The molecule has 0 saturated heterocycles. The fourth-order valence-corrected chi connectivity index (χ4v) is 1.28. The van der Waals surface area contributed by atoms with Gasteiger partial charge < -0.3 is 15.7 Å². The summed E-state index contributed by atoms with van der Waals surface area (Å²) in [6, 6.07) is -0.246. The number of rotatable bonds is 7. The van der Waals surface area contributed by atoms with E-state index < -0.39 is 5.97 Å². The van der Waals surface area contributed by atoms with Crippen LogP contribution >= 0.6 is 11.8 Å². The molecular formula is C11H22N2O3S. The third kappa shape index (κ3) is 8.85. The van der Waals surface area contributed by atoms with E-state index in [1.54, 1.807) is 18.7 Å². The van der Waals surface area contributed by atoms with Gasteiger partial charge in [0, 0.05) is 24.3 Å². The van der Waals surface area contributed by atoms with Crippen LogP contribution in [0, 0.1) is 5.92 Å². The van der Waals surface area contributed by atoms with Crippen molar-refractivity contribution in [2.24, 2.45) is 5.92 Å². The minimum atomic E-state index is -0.844. The van der Waals surface area contributed by atoms with Crippen molar-refractivity contribution in [2.45, 2.75) is 31.9 Å². The number of amides is 2. The van der Waals surface area contributed by atoms with Crippen LogP contribution in [0.15, 0.2) is 0 Å². The number of carbonyl (C=O) groups is 2. The number of aliphatic carboxylic acids is 1. The highest BCUT2D eigenvalue weighted by molar-refractivity contribution is 7.99. The molecule has 3 N–H and O–H groups in total. The monoisotopic (exact) mass is 262 g/mol. The number of hydrogen-bond donors (Lipinski definition) is 3. The zero-order valence-corrected chi connectivity index (χ0v) is 11.7. The predicted octanol–water partition coefficient (Wildman–Crippen LogP) is 1.54. The predicted molar refractivity (Wildman–Crippen MR) is 70.4 cm³/mol. The highest BCUT2D eigenvalue weighted by Gasteiger charge is 2.17. The molecule has 6 heteroatoms. The molecule has 0 fully saturated rings. The quantitative estimate of drug-likeness (QED) is 0.650. The molecule has 0 saturated carbocycles. The van der Waals surface area contributed by atoms with Gasteiger partial charge in [0.25, 0.3) is 0 Å². The van der Waals surface area contributed by atoms with Gasteiger partial charge in [0.1, 0.15) is 0 Å². The van der Waals surface area contributed by atoms with Crippen molar-refractivity contribution >= 4 is 23.8 Å². The van der Waals surface area contributed by atoms with E-state index in [4.69, 9.17) is 5.11 Å². The zero-order chi connectivity index (χ0) is 13.5. The Balaban J connectivity index is 3.77. The maximum atomic E-state index is 11.4. The lowest BCUT2D eigenvalue weighted by molar-refractivity contribution is -0.137. The minimum Gasteiger partial charge on any atom is -0.481 e. The second-order valence-electron chi connectivity index (χ2n) is 4.73. The molecule has 0 bridgehead atoms. The molecule has 0 radical (unpaired) electrons. The molecule has 0 aliphatic carbocycles. The molecule has 0 aromatic heterocycles. The Bertz CT molecular complexity index is 269. The summed E-state index contributed by atoms with van der Waals surface area (Å²) in [4.78, 5) is 21.8. The Kier molecular flexibility index (Phi) is 7.03. The lowest BCUT2D eigenvalue weighted by Crippen LogP contribution is -2.43. The van der Waals surface area contributed by atoms with Gasteiger partial charge in [-0.25, -0.2) is 4.79 Å². The molecule has 0 aliphatic heterocycles. The fourth-order valence-electron chi connectivity index (χ4n) is 1.07. The first-order valence-corrected chi connectivity index (χ1v) is 6.78. The van der Waals surface area contributed by atoms with Gasteiger partial charge >= 0.3 is 12.0 Å². The molecule has 2 amide bonds. The number of carboxylic acid groups (broad SMARTS) is 1. The van der Waals surface area contributed by atoms with Crippen molar-refractivity contribution in [1.82, 2.24) is 10.6 Å². The van der Waals surface area contributed by atoms with Crippen LogP contribution < -0.4 is 10.6 Å². The number of hydrogen-bond acceptors (Lipinski definition) is 3. The van der Waals surface area contributed by atoms with E-state index in [-0.39, 0.29) is 23.1 Å². The van der Waals surface area contributed by atoms with Gasteiger partial charge in [-0.3, -0.25) is 4.79 Å². The SMILES string of the molecule is CSC(C)(C)CNC(=O)NCC(C)CC(=O)O. The zero-order valence-electron chi connectivity index (χ0n) is 10.9. The Morgan fingerprint density at radius 1 is 1.35 bits per heavy atom. The molecule has 1 unspecified atom stereocenters. The lowest BCUT2D eigenvalue weighted by atomic mass is 10.1. The molecule has 5 nitrogen and oxygen atoms in total. The van der Waals surface area contributed by atoms with Gasteiger partial charge in [0.2, 0.25) is 0 Å². The van der Waals surface area contributed by atoms with Crippen molar-refractivity contribution in [3.8, 4) is 0 Å². The molecule has 100 valence electrons. The summed E-state index contributed by atoms with van der Waals surface area (Å²) in [6.45, 7) is 6.83. The van der Waals surface area contributed by atoms with Gasteiger partial charge in [-0.2, -0.15) is 11.8 Å². The topological polar surface area (TPSA) is 78.4 Å². The molecular weight excluding hydrogens is 240 g/mol. The van der Waals surface area contributed by atoms with Crippen LogP contribution in [0.5, 0.6) is 0 Å². The van der Waals surface area contributed by atoms with Gasteiger partial charge in [0.15, 0.2) is 0 Å². The van der Waals surface area contributed by atoms with Crippen LogP contribution in [0.4, 0.5) is 4.79 Å². The number of thioether (sulfide) groups is 1. The number of carbonyl (C=O) groups excluding carboxylic acids is 1. The summed E-state index contributed by atoms with van der Waals surface area (Å²) in [6.07, 6.45) is 2.06. The maximum absolute atomic E-state index is 11.4. The average molecular weight is 262 g/mol. The largest absolute Gasteiger partial charge is 0.481 e. The van der Waals surface area contributed by atoms with Crippen LogP contribution in [0.3, 0.4) is 0 Å². The van der Waals surface area contributed by atoms with Crippen LogP contribution in [0.25, 0.3) is 0 Å². The normalized spacial score (nSPS) is 12.9. The van der Waals surface area contributed by atoms with Gasteiger partial charge in [-0.15, -0.1) is 0 Å². The second kappa shape index (κ2) is 7.42. The van der Waals surface area contributed by atoms with Crippen molar-refractivity contribution in [1.29, 1.82) is 0 Å². The van der Waals surface area contributed by atoms with Gasteiger partial charge in [-0.1, -0.05) is 6.92 Å². The Hall–Kier alpha value is -0.910. The second-order valence-corrected chi connectivity index (χ2v) is 6.24. The third-order valence-electron chi connectivity index (χ3n) is 2.36. The first-order chi connectivity index (χ1) is 7.76. The molecule has 0 rings (SSSR count). The highest BCUT2D eigenvalue weighted by atomic mass is 32.2. The molecule has 0 aromatic rings. The third-order valence-corrected chi connectivity index (χ3v) is 3.61. The van der Waals surface area contributed by atoms with Crippen molar-refractivity contribution in [3.63, 3.8) is 0 Å². The van der Waals surface area contributed by atoms with Crippen LogP contribution in [-0.2, 0) is 4.79 Å². The standard InChI is InChI=1S/C11H22N2O3S/c1-8(5-9(14)15)6-12-10(16)13-7-11(2,3)17-4/h8H,5-7H2,1-4H3,(H,14,15)(H2,12,13,16). The fraction of sp³-hybridized carbons (Fsp3) is 0.818. The first-order valence-electron chi connectivity index (χ1n) is 5.55. The van der Waals surface area contributed by atoms with Crippen molar-refractivity contribution in [2.75, 3.05) is 19.3 Å². The molecule has 1 atom stereocenters. The highest BCUT2D eigenvalue weighted by Crippen LogP contribution is 2.19. The maximum Gasteiger partial charge on any atom is 0.314 e. The van der Waals surface area contributed by atoms with Crippen LogP contribution in [0.1, 0.15) is 27.2 Å². The molecule has 17 heavy (non-hydrogen) atoms. The summed E-state index contributed by atoms with van der Waals surface area (Å²) in [5, 5.41) is 14.0. The van der Waals surface area contributed by atoms with Gasteiger partial charge in [0.05, 0.1) is 0 Å². The average Bonchev–Trinajstić information content (AvgIpc) is 2.23.